The second-order valence-corrected chi connectivity index (χ2v) is 40.9. The van der Waals surface area contributed by atoms with E-state index in [0.29, 0.717) is 73.3 Å². The number of rotatable bonds is 10. The van der Waals surface area contributed by atoms with Crippen molar-refractivity contribution in [3.05, 3.63) is 236 Å². The van der Waals surface area contributed by atoms with Crippen molar-refractivity contribution in [1.29, 1.82) is 0 Å². The first-order valence-electron chi connectivity index (χ1n) is 46.1. The van der Waals surface area contributed by atoms with Gasteiger partial charge in [0.1, 0.15) is 5.82 Å². The summed E-state index contributed by atoms with van der Waals surface area (Å²) in [5.41, 5.74) is 23.0. The number of H-pyrrole nitrogens is 5. The number of aryl methyl sites for hydroxylation is 1. The molecule has 5 aliphatic heterocycles. The Labute approximate surface area is 767 Å². The first kappa shape index (κ1) is 84.8. The number of anilines is 5. The number of hydrogen-bond donors (Lipinski definition) is 10. The van der Waals surface area contributed by atoms with E-state index in [0.717, 1.165) is 119 Å². The van der Waals surface area contributed by atoms with Gasteiger partial charge < -0.3 is 51.1 Å². The van der Waals surface area contributed by atoms with Crippen LogP contribution in [0.1, 0.15) is 219 Å². The van der Waals surface area contributed by atoms with Crippen LogP contribution in [0, 0.1) is 60.5 Å². The van der Waals surface area contributed by atoms with Gasteiger partial charge in [0, 0.05) is 170 Å². The molecule has 10 heterocycles. The van der Waals surface area contributed by atoms with E-state index in [1.54, 1.807) is 39.0 Å². The van der Waals surface area contributed by atoms with Crippen LogP contribution in [-0.2, 0) is 91.9 Å². The van der Waals surface area contributed by atoms with Crippen LogP contribution in [0.15, 0.2) is 112 Å². The molecule has 25 rings (SSSR count). The van der Waals surface area contributed by atoms with E-state index in [2.05, 4.69) is 104 Å². The number of nitrogens with one attached hydrogen (secondary N) is 10. The Kier molecular flexibility index (Phi) is 22.2. The number of aromatic nitrogens is 10. The highest BCUT2D eigenvalue weighted by Crippen LogP contribution is 2.69. The summed E-state index contributed by atoms with van der Waals surface area (Å²) >= 11 is 12.4. The Morgan fingerprint density at radius 2 is 0.729 bits per heavy atom. The van der Waals surface area contributed by atoms with Crippen molar-refractivity contribution >= 4 is 108 Å². The maximum absolute atomic E-state index is 14.3. The maximum Gasteiger partial charge on any atom is 0.322 e. The normalized spacial score (nSPS) is 26.4. The van der Waals surface area contributed by atoms with Crippen LogP contribution in [0.25, 0.3) is 4.85 Å². The molecule has 129 heavy (non-hydrogen) atoms. The molecular weight excluding hydrogens is 1790 g/mol. The van der Waals surface area contributed by atoms with Crippen molar-refractivity contribution in [1.82, 2.24) is 75.5 Å². The Balaban J connectivity index is 0.0000000978. The van der Waals surface area contributed by atoms with Crippen LogP contribution in [0.5, 0.6) is 0 Å². The number of hydrogen-bond acceptors (Lipinski definition) is 10. The van der Waals surface area contributed by atoms with Crippen LogP contribution in [0.2, 0.25) is 5.02 Å². The van der Waals surface area contributed by atoms with Crippen LogP contribution >= 0.6 is 43.5 Å². The number of nitrogens with zero attached hydrogens (tertiary/aromatic N) is 11. The Hall–Kier alpha value is -11.0. The summed E-state index contributed by atoms with van der Waals surface area (Å²) in [5, 5.41) is 53.6. The van der Waals surface area contributed by atoms with Crippen molar-refractivity contribution in [2.45, 2.75) is 227 Å². The fraction of sp³-hybridized carbons (Fsp3) is 0.474. The van der Waals surface area contributed by atoms with Gasteiger partial charge in [-0.1, -0.05) is 96.0 Å². The molecule has 26 nitrogen and oxygen atoms in total. The second kappa shape index (κ2) is 33.8. The molecule has 5 aromatic carbocycles. The van der Waals surface area contributed by atoms with Gasteiger partial charge in [-0.05, 0) is 221 Å². The van der Waals surface area contributed by atoms with E-state index in [1.165, 1.54) is 221 Å². The van der Waals surface area contributed by atoms with Crippen molar-refractivity contribution in [3.8, 4) is 0 Å². The first-order valence-corrected chi connectivity index (χ1v) is 48.0. The van der Waals surface area contributed by atoms with Gasteiger partial charge in [0.15, 0.2) is 11.6 Å². The molecule has 0 spiro atoms. The van der Waals surface area contributed by atoms with Crippen molar-refractivity contribution in [3.63, 3.8) is 0 Å². The van der Waals surface area contributed by atoms with E-state index in [-0.39, 0.29) is 68.5 Å². The van der Waals surface area contributed by atoms with Crippen LogP contribution in [0.4, 0.5) is 71.3 Å². The summed E-state index contributed by atoms with van der Waals surface area (Å²) in [5.74, 6) is 2.32. The van der Waals surface area contributed by atoms with E-state index >= 15 is 0 Å². The molecule has 15 aliphatic rings. The average molecular weight is 1900 g/mol. The van der Waals surface area contributed by atoms with Gasteiger partial charge in [-0.2, -0.15) is 25.5 Å². The highest BCUT2D eigenvalue weighted by atomic mass is 79.9. The number of amides is 10. The minimum atomic E-state index is -0.687. The lowest BCUT2D eigenvalue weighted by molar-refractivity contribution is 0.205. The lowest BCUT2D eigenvalue weighted by Gasteiger charge is -2.28. The van der Waals surface area contributed by atoms with Gasteiger partial charge in [-0.25, -0.2) is 42.0 Å². The third kappa shape index (κ3) is 15.9. The summed E-state index contributed by atoms with van der Waals surface area (Å²) in [6.45, 7) is 15.2. The highest BCUT2D eigenvalue weighted by molar-refractivity contribution is 9.10. The number of halogens is 6. The highest BCUT2D eigenvalue weighted by Gasteiger charge is 2.65. The predicted molar refractivity (Wildman–Crippen MR) is 490 cm³/mol. The minimum Gasteiger partial charge on any atom is -0.320 e. The number of fused-ring (bicyclic) bond motifs is 10. The molecular formula is C97H105Br2ClF3N21O5. The van der Waals surface area contributed by atoms with Gasteiger partial charge in [-0.15, -0.1) is 0 Å². The van der Waals surface area contributed by atoms with Gasteiger partial charge >= 0.3 is 30.2 Å². The van der Waals surface area contributed by atoms with E-state index in [4.69, 9.17) is 28.4 Å². The molecule has 10 fully saturated rings. The first-order chi connectivity index (χ1) is 62.6. The van der Waals surface area contributed by atoms with Crippen molar-refractivity contribution in [2.24, 2.45) is 29.6 Å². The zero-order valence-corrected chi connectivity index (χ0v) is 76.1. The monoisotopic (exact) mass is 1890 g/mol. The lowest BCUT2D eigenvalue weighted by Crippen LogP contribution is -2.39. The number of carbonyl (C=O) groups excluding carboxylic acids is 5. The molecule has 0 saturated heterocycles. The molecule has 10 aliphatic carbocycles. The van der Waals surface area contributed by atoms with Crippen LogP contribution in [0.3, 0.4) is 0 Å². The van der Waals surface area contributed by atoms with E-state index < -0.39 is 17.5 Å². The SMILES string of the molecule is Cc1cccc(NC(=O)N2CCc3[nH]nc(C45CCCC4C5)c3C2)c1.O=C(Nc1ccc(F)c(Cl)c1)N1CCc2[nH]nc(C34CCCC3C4)c2C1.O=C(Nc1cccc(Br)c1)N1CCc2[nH]nc(C34CCCC3C4)c2C1.O=C(Nc1cccc(Br)c1F)N1CCc2[nH]nc(C34CCCC3C4)c2C1.[C-]#[N+]c1cccc(NC(=O)N2CCc3[nH]nc(C45CCCC4C5)c3C2)c1F. The molecule has 10 atom stereocenters. The lowest BCUT2D eigenvalue weighted by atomic mass is 9.92. The largest absolute Gasteiger partial charge is 0.322 e. The van der Waals surface area contributed by atoms with E-state index in [9.17, 15) is 37.1 Å². The Morgan fingerprint density at radius 1 is 0.411 bits per heavy atom. The third-order valence-electron chi connectivity index (χ3n) is 31.5. The number of urea groups is 5. The summed E-state index contributed by atoms with van der Waals surface area (Å²) in [6.07, 6.45) is 29.4. The van der Waals surface area contributed by atoms with Gasteiger partial charge in [-0.3, -0.25) is 25.5 Å². The van der Waals surface area contributed by atoms with Gasteiger partial charge in [0.2, 0.25) is 5.69 Å². The quantitative estimate of drug-likeness (QED) is 0.0577. The molecule has 670 valence electrons. The van der Waals surface area contributed by atoms with Crippen molar-refractivity contribution < 1.29 is 37.1 Å². The summed E-state index contributed by atoms with van der Waals surface area (Å²) < 4.78 is 43.0. The molecule has 5 aromatic heterocycles. The molecule has 10 N–H and O–H groups in total. The summed E-state index contributed by atoms with van der Waals surface area (Å²) in [6, 6.07) is 28.4. The second-order valence-electron chi connectivity index (χ2n) is 38.8. The minimum absolute atomic E-state index is 0.000889. The fourth-order valence-electron chi connectivity index (χ4n) is 24.3. The molecule has 10 aromatic rings. The summed E-state index contributed by atoms with van der Waals surface area (Å²) in [7, 11) is 0. The summed E-state index contributed by atoms with van der Waals surface area (Å²) in [4.78, 5) is 75.7. The van der Waals surface area contributed by atoms with Gasteiger partial charge in [0.05, 0.1) is 88.6 Å². The van der Waals surface area contributed by atoms with Crippen LogP contribution < -0.4 is 26.6 Å². The molecule has 0 bridgehead atoms. The number of carbonyl (C=O) groups is 5. The zero-order chi connectivity index (χ0) is 88.4. The predicted octanol–water partition coefficient (Wildman–Crippen LogP) is 20.7. The Bertz CT molecular complexity index is 6020. The van der Waals surface area contributed by atoms with E-state index in [1.807, 2.05) is 65.3 Å². The number of benzene rings is 5. The zero-order valence-electron chi connectivity index (χ0n) is 72.2. The van der Waals surface area contributed by atoms with Gasteiger partial charge in [0.25, 0.3) is 0 Å². The molecule has 32 heteroatoms. The molecule has 10 unspecified atom stereocenters. The third-order valence-corrected chi connectivity index (χ3v) is 32.9. The molecule has 0 radical (unpaired) electrons. The standard InChI is InChI=1S/C20H20FN5O.C20H24N4O.C19H20BrFN4O.C19H21BrN4O.C19H20ClFN4O/c1-22-15-5-2-6-16(17(15)21)23-19(27)26-9-7-14-13(11-26)18(25-24-14)20-8-3-4-12(20)10-20;1-13-4-2-6-15(10-13)21-19(25)24-9-7-17-16(12-24)18(23-22-17)20-8-3-5-14(20)11-20;20-13-4-1-5-15(16(13)21)22-18(26)25-8-6-14-12(10-25)17(24-23-14)19-7-2-3-11(19)9-19;20-13-4-1-5-14(9-13)21-18(25)24-8-6-16-15(11-24)17(23-22-16)19-7-2-3-12(19)10-19;20-14-8-12(3-4-15(14)21)22-18(26)25-7-5-16-13(10-25)17(24-23-16)19-6-1-2-11(19)9-19/h2,5-6,12H,3-4,7-11H2,(H,23,27)(H,24,25);2,4,6,10,14H,3,5,7-9,11-12H2,1H3,(H,21,25)(H,22,23);1,4-5,11H,2-3,6-10H2,(H,22,26)(H,23,24);1,4-5,9,12H,2-3,6-8,10-11H2,(H,21,25)(H,22,23);3-4,8,11H,1-2,5-7,9-10H2,(H,22,26)(H,23,24). The number of aromatic amines is 5. The van der Waals surface area contributed by atoms with Crippen LogP contribution in [-0.4, -0.2) is 138 Å². The maximum atomic E-state index is 14.3. The molecule has 10 saturated carbocycles. The van der Waals surface area contributed by atoms with Crippen molar-refractivity contribution in [2.75, 3.05) is 59.3 Å². The smallest absolute Gasteiger partial charge is 0.320 e. The topological polar surface area (TPSA) is 309 Å². The molecule has 10 amide bonds. The fourth-order valence-corrected chi connectivity index (χ4v) is 25.2. The Morgan fingerprint density at radius 3 is 1.05 bits per heavy atom. The average Bonchev–Trinajstić information content (AvgIpc) is 1.57.